The summed E-state index contributed by atoms with van der Waals surface area (Å²) in [6, 6.07) is 8.21. The molecule has 1 amide bonds. The molecule has 2 N–H and O–H groups in total. The number of carbonyl (C=O) groups is 1. The standard InChI is InChI=1S/C21H31N3O/c1-16-18(17-10-6-7-11-19(17)23-16)14-20(25)22-15-21(24(2)3)12-8-4-5-9-13-21/h6-7,10-11,23H,4-5,8-9,12-15H2,1-3H3,(H,22,25). The van der Waals surface area contributed by atoms with Crippen LogP contribution < -0.4 is 5.32 Å². The second-order valence-electron chi connectivity index (χ2n) is 7.76. The van der Waals surface area contributed by atoms with E-state index in [0.717, 1.165) is 28.7 Å². The zero-order valence-electron chi connectivity index (χ0n) is 15.8. The number of carbonyl (C=O) groups excluding carboxylic acids is 1. The number of benzene rings is 1. The maximum Gasteiger partial charge on any atom is 0.224 e. The van der Waals surface area contributed by atoms with Crippen LogP contribution in [-0.4, -0.2) is 42.0 Å². The first kappa shape index (κ1) is 18.0. The molecule has 1 fully saturated rings. The van der Waals surface area contributed by atoms with Gasteiger partial charge in [-0.1, -0.05) is 43.9 Å². The van der Waals surface area contributed by atoms with Crippen molar-refractivity contribution in [2.24, 2.45) is 0 Å². The Hall–Kier alpha value is -1.81. The van der Waals surface area contributed by atoms with Gasteiger partial charge in [0.05, 0.1) is 6.42 Å². The van der Waals surface area contributed by atoms with Crippen LogP contribution in [-0.2, 0) is 11.2 Å². The minimum Gasteiger partial charge on any atom is -0.358 e. The van der Waals surface area contributed by atoms with E-state index in [4.69, 9.17) is 0 Å². The molecule has 1 aromatic heterocycles. The predicted molar refractivity (Wildman–Crippen MR) is 104 cm³/mol. The normalized spacial score (nSPS) is 17.6. The second kappa shape index (κ2) is 7.61. The molecule has 0 bridgehead atoms. The summed E-state index contributed by atoms with van der Waals surface area (Å²) in [7, 11) is 4.31. The molecule has 136 valence electrons. The highest BCUT2D eigenvalue weighted by atomic mass is 16.1. The van der Waals surface area contributed by atoms with E-state index in [1.165, 1.54) is 38.5 Å². The minimum atomic E-state index is 0.113. The van der Waals surface area contributed by atoms with E-state index in [1.807, 2.05) is 12.1 Å². The Morgan fingerprint density at radius 1 is 1.16 bits per heavy atom. The highest BCUT2D eigenvalue weighted by Crippen LogP contribution is 2.30. The summed E-state index contributed by atoms with van der Waals surface area (Å²) in [5.41, 5.74) is 3.43. The Kier molecular flexibility index (Phi) is 5.48. The maximum absolute atomic E-state index is 12.7. The average Bonchev–Trinajstić information content (AvgIpc) is 2.77. The highest BCUT2D eigenvalue weighted by molar-refractivity contribution is 5.90. The Morgan fingerprint density at radius 3 is 2.52 bits per heavy atom. The third-order valence-corrected chi connectivity index (χ3v) is 5.96. The first-order valence-corrected chi connectivity index (χ1v) is 9.52. The number of hydrogen-bond acceptors (Lipinski definition) is 2. The lowest BCUT2D eigenvalue weighted by molar-refractivity contribution is -0.121. The van der Waals surface area contributed by atoms with Gasteiger partial charge in [0.2, 0.25) is 5.91 Å². The average molecular weight is 341 g/mol. The molecule has 2 aromatic rings. The van der Waals surface area contributed by atoms with Crippen LogP contribution >= 0.6 is 0 Å². The number of likely N-dealkylation sites (N-methyl/N-ethyl adjacent to an activating group) is 1. The summed E-state index contributed by atoms with van der Waals surface area (Å²) in [6.07, 6.45) is 7.94. The zero-order chi connectivity index (χ0) is 17.9. The van der Waals surface area contributed by atoms with Crippen LogP contribution in [0.4, 0.5) is 0 Å². The lowest BCUT2D eigenvalue weighted by atomic mass is 9.88. The van der Waals surface area contributed by atoms with Gasteiger partial charge in [-0.2, -0.15) is 0 Å². The summed E-state index contributed by atoms with van der Waals surface area (Å²) in [4.78, 5) is 18.4. The molecular formula is C21H31N3O. The number of aromatic amines is 1. The van der Waals surface area contributed by atoms with Gasteiger partial charge in [-0.05, 0) is 45.5 Å². The molecule has 4 nitrogen and oxygen atoms in total. The van der Waals surface area contributed by atoms with E-state index in [1.54, 1.807) is 0 Å². The van der Waals surface area contributed by atoms with E-state index in [0.29, 0.717) is 6.42 Å². The summed E-state index contributed by atoms with van der Waals surface area (Å²) in [6.45, 7) is 2.80. The minimum absolute atomic E-state index is 0.113. The van der Waals surface area contributed by atoms with Crippen molar-refractivity contribution in [1.82, 2.24) is 15.2 Å². The third kappa shape index (κ3) is 3.90. The van der Waals surface area contributed by atoms with Gasteiger partial charge >= 0.3 is 0 Å². The number of H-pyrrole nitrogens is 1. The molecule has 1 aliphatic carbocycles. The summed E-state index contributed by atoms with van der Waals surface area (Å²) in [5.74, 6) is 0.123. The van der Waals surface area contributed by atoms with Crippen molar-refractivity contribution in [1.29, 1.82) is 0 Å². The second-order valence-corrected chi connectivity index (χ2v) is 7.76. The van der Waals surface area contributed by atoms with E-state index >= 15 is 0 Å². The van der Waals surface area contributed by atoms with Gasteiger partial charge in [0.15, 0.2) is 0 Å². The number of amides is 1. The van der Waals surface area contributed by atoms with Crippen LogP contribution in [0.3, 0.4) is 0 Å². The SMILES string of the molecule is Cc1[nH]c2ccccc2c1CC(=O)NCC1(N(C)C)CCCCCC1. The van der Waals surface area contributed by atoms with Crippen molar-refractivity contribution in [3.63, 3.8) is 0 Å². The summed E-state index contributed by atoms with van der Waals surface area (Å²) in [5, 5.41) is 4.40. The van der Waals surface area contributed by atoms with Crippen LogP contribution in [0.1, 0.15) is 49.8 Å². The van der Waals surface area contributed by atoms with Gasteiger partial charge in [-0.3, -0.25) is 4.79 Å². The Balaban J connectivity index is 1.68. The molecular weight excluding hydrogens is 310 g/mol. The van der Waals surface area contributed by atoms with Crippen molar-refractivity contribution in [2.45, 2.75) is 57.4 Å². The van der Waals surface area contributed by atoms with E-state index in [9.17, 15) is 4.79 Å². The topological polar surface area (TPSA) is 48.1 Å². The Labute approximate surface area is 151 Å². The van der Waals surface area contributed by atoms with Crippen LogP contribution in [0, 0.1) is 6.92 Å². The Bertz CT molecular complexity index is 724. The van der Waals surface area contributed by atoms with Crippen LogP contribution in [0.25, 0.3) is 10.9 Å². The third-order valence-electron chi connectivity index (χ3n) is 5.96. The quantitative estimate of drug-likeness (QED) is 0.813. The van der Waals surface area contributed by atoms with Crippen molar-refractivity contribution in [3.8, 4) is 0 Å². The van der Waals surface area contributed by atoms with Crippen molar-refractivity contribution < 1.29 is 4.79 Å². The van der Waals surface area contributed by atoms with Gasteiger partial charge in [-0.15, -0.1) is 0 Å². The van der Waals surface area contributed by atoms with E-state index < -0.39 is 0 Å². The van der Waals surface area contributed by atoms with Gasteiger partial charge < -0.3 is 15.2 Å². The van der Waals surface area contributed by atoms with Crippen LogP contribution in [0.5, 0.6) is 0 Å². The molecule has 1 saturated carbocycles. The molecule has 0 atom stereocenters. The molecule has 3 rings (SSSR count). The molecule has 0 saturated heterocycles. The van der Waals surface area contributed by atoms with Crippen LogP contribution in [0.2, 0.25) is 0 Å². The largest absolute Gasteiger partial charge is 0.358 e. The molecule has 1 aromatic carbocycles. The fraction of sp³-hybridized carbons (Fsp3) is 0.571. The number of para-hydroxylation sites is 1. The van der Waals surface area contributed by atoms with Crippen molar-refractivity contribution >= 4 is 16.8 Å². The molecule has 25 heavy (non-hydrogen) atoms. The predicted octanol–water partition coefficient (Wildman–Crippen LogP) is 3.79. The molecule has 0 spiro atoms. The first-order chi connectivity index (χ1) is 12.0. The van der Waals surface area contributed by atoms with Gasteiger partial charge in [-0.25, -0.2) is 0 Å². The van der Waals surface area contributed by atoms with Crippen molar-refractivity contribution in [2.75, 3.05) is 20.6 Å². The smallest absolute Gasteiger partial charge is 0.224 e. The maximum atomic E-state index is 12.7. The number of hydrogen-bond donors (Lipinski definition) is 2. The molecule has 0 radical (unpaired) electrons. The first-order valence-electron chi connectivity index (χ1n) is 9.52. The lowest BCUT2D eigenvalue weighted by Crippen LogP contribution is -2.52. The summed E-state index contributed by atoms with van der Waals surface area (Å²) >= 11 is 0. The molecule has 4 heteroatoms. The van der Waals surface area contributed by atoms with Crippen molar-refractivity contribution in [3.05, 3.63) is 35.5 Å². The molecule has 1 aliphatic rings. The highest BCUT2D eigenvalue weighted by Gasteiger charge is 2.33. The van der Waals surface area contributed by atoms with Gasteiger partial charge in [0.1, 0.15) is 0 Å². The number of aromatic nitrogens is 1. The molecule has 0 aliphatic heterocycles. The number of fused-ring (bicyclic) bond motifs is 1. The van der Waals surface area contributed by atoms with E-state index in [-0.39, 0.29) is 11.4 Å². The monoisotopic (exact) mass is 341 g/mol. The molecule has 1 heterocycles. The molecule has 0 unspecified atom stereocenters. The fourth-order valence-corrected chi connectivity index (χ4v) is 4.22. The Morgan fingerprint density at radius 2 is 1.84 bits per heavy atom. The zero-order valence-corrected chi connectivity index (χ0v) is 15.8. The number of rotatable bonds is 5. The fourth-order valence-electron chi connectivity index (χ4n) is 4.22. The lowest BCUT2D eigenvalue weighted by Gasteiger charge is -2.39. The van der Waals surface area contributed by atoms with E-state index in [2.05, 4.69) is 48.4 Å². The van der Waals surface area contributed by atoms with Gasteiger partial charge in [0, 0.05) is 28.7 Å². The van der Waals surface area contributed by atoms with Gasteiger partial charge in [0.25, 0.3) is 0 Å². The summed E-state index contributed by atoms with van der Waals surface area (Å²) < 4.78 is 0. The number of nitrogens with zero attached hydrogens (tertiary/aromatic N) is 1. The number of aryl methyl sites for hydroxylation is 1. The number of nitrogens with one attached hydrogen (secondary N) is 2. The van der Waals surface area contributed by atoms with Crippen LogP contribution in [0.15, 0.2) is 24.3 Å².